The quantitative estimate of drug-likeness (QED) is 0.523. The summed E-state index contributed by atoms with van der Waals surface area (Å²) in [6.45, 7) is 10.6. The van der Waals surface area contributed by atoms with E-state index in [2.05, 4.69) is 30.4 Å². The van der Waals surface area contributed by atoms with Gasteiger partial charge in [0.2, 0.25) is 0 Å². The van der Waals surface area contributed by atoms with Gasteiger partial charge >= 0.3 is 0 Å². The molecule has 0 aromatic heterocycles. The fourth-order valence-corrected chi connectivity index (χ4v) is 2.04. The van der Waals surface area contributed by atoms with Gasteiger partial charge in [-0.2, -0.15) is 0 Å². The second kappa shape index (κ2) is 5.74. The van der Waals surface area contributed by atoms with Crippen LogP contribution in [0.5, 0.6) is 0 Å². The van der Waals surface area contributed by atoms with E-state index in [1.54, 1.807) is 0 Å². The Morgan fingerprint density at radius 2 is 2.21 bits per heavy atom. The van der Waals surface area contributed by atoms with Crippen LogP contribution in [-0.4, -0.2) is 54.9 Å². The van der Waals surface area contributed by atoms with Crippen molar-refractivity contribution in [2.24, 2.45) is 0 Å². The van der Waals surface area contributed by atoms with Gasteiger partial charge in [0.15, 0.2) is 0 Å². The molecule has 0 saturated carbocycles. The number of alkyl halides is 1. The molecule has 1 aliphatic heterocycles. The van der Waals surface area contributed by atoms with Crippen molar-refractivity contribution in [1.82, 2.24) is 9.80 Å². The minimum Gasteiger partial charge on any atom is -0.301 e. The van der Waals surface area contributed by atoms with Gasteiger partial charge in [0.05, 0.1) is 0 Å². The number of hydrogen-bond acceptors (Lipinski definition) is 2. The molecule has 1 aliphatic rings. The van der Waals surface area contributed by atoms with E-state index in [-0.39, 0.29) is 0 Å². The lowest BCUT2D eigenvalue weighted by atomic mass is 10.1. The molecule has 0 amide bonds. The molecule has 2 nitrogen and oxygen atoms in total. The SMILES string of the molecule is C=C(CCl)CN1CCN(C)C(CC)C1. The molecule has 1 heterocycles. The average molecular weight is 217 g/mol. The van der Waals surface area contributed by atoms with Gasteiger partial charge in [-0.05, 0) is 19.0 Å². The van der Waals surface area contributed by atoms with Crippen molar-refractivity contribution >= 4 is 11.6 Å². The lowest BCUT2D eigenvalue weighted by Gasteiger charge is -2.39. The zero-order chi connectivity index (χ0) is 10.6. The fraction of sp³-hybridized carbons (Fsp3) is 0.818. The van der Waals surface area contributed by atoms with Crippen LogP contribution in [0, 0.1) is 0 Å². The van der Waals surface area contributed by atoms with E-state index in [0.29, 0.717) is 11.9 Å². The predicted molar refractivity (Wildman–Crippen MR) is 63.0 cm³/mol. The maximum absolute atomic E-state index is 5.73. The van der Waals surface area contributed by atoms with Crippen molar-refractivity contribution < 1.29 is 0 Å². The first kappa shape index (κ1) is 12.0. The molecule has 1 atom stereocenters. The van der Waals surface area contributed by atoms with E-state index in [4.69, 9.17) is 11.6 Å². The number of rotatable bonds is 4. The average Bonchev–Trinajstić information content (AvgIpc) is 2.20. The largest absolute Gasteiger partial charge is 0.301 e. The Hall–Kier alpha value is -0.0500. The van der Waals surface area contributed by atoms with Crippen LogP contribution in [0.3, 0.4) is 0 Å². The molecule has 1 saturated heterocycles. The highest BCUT2D eigenvalue weighted by Crippen LogP contribution is 2.11. The van der Waals surface area contributed by atoms with Gasteiger partial charge in [-0.15, -0.1) is 11.6 Å². The molecule has 1 unspecified atom stereocenters. The molecular formula is C11H21ClN2. The number of piperazine rings is 1. The molecule has 0 spiro atoms. The van der Waals surface area contributed by atoms with Crippen LogP contribution >= 0.6 is 11.6 Å². The molecular weight excluding hydrogens is 196 g/mol. The zero-order valence-electron chi connectivity index (χ0n) is 9.30. The Morgan fingerprint density at radius 3 is 2.79 bits per heavy atom. The first-order valence-electron chi connectivity index (χ1n) is 5.32. The summed E-state index contributed by atoms with van der Waals surface area (Å²) in [6.07, 6.45) is 1.22. The molecule has 0 aliphatic carbocycles. The summed E-state index contributed by atoms with van der Waals surface area (Å²) in [5.74, 6) is 0.586. The predicted octanol–water partition coefficient (Wildman–Crippen LogP) is 1.81. The van der Waals surface area contributed by atoms with E-state index >= 15 is 0 Å². The summed E-state index contributed by atoms with van der Waals surface area (Å²) in [6, 6.07) is 0.701. The molecule has 14 heavy (non-hydrogen) atoms. The van der Waals surface area contributed by atoms with E-state index in [1.165, 1.54) is 6.42 Å². The van der Waals surface area contributed by atoms with Crippen LogP contribution in [0.25, 0.3) is 0 Å². The summed E-state index contributed by atoms with van der Waals surface area (Å²) in [5.41, 5.74) is 1.13. The molecule has 1 fully saturated rings. The van der Waals surface area contributed by atoms with Crippen LogP contribution in [0.15, 0.2) is 12.2 Å². The minimum absolute atomic E-state index is 0.586. The van der Waals surface area contributed by atoms with Crippen LogP contribution < -0.4 is 0 Å². The topological polar surface area (TPSA) is 6.48 Å². The Balaban J connectivity index is 2.38. The highest BCUT2D eigenvalue weighted by Gasteiger charge is 2.22. The van der Waals surface area contributed by atoms with Gasteiger partial charge < -0.3 is 4.90 Å². The van der Waals surface area contributed by atoms with E-state index < -0.39 is 0 Å². The van der Waals surface area contributed by atoms with Crippen LogP contribution in [-0.2, 0) is 0 Å². The van der Waals surface area contributed by atoms with E-state index in [1.807, 2.05) is 0 Å². The van der Waals surface area contributed by atoms with Crippen LogP contribution in [0.2, 0.25) is 0 Å². The van der Waals surface area contributed by atoms with Crippen molar-refractivity contribution in [2.75, 3.05) is 39.1 Å². The van der Waals surface area contributed by atoms with Crippen LogP contribution in [0.1, 0.15) is 13.3 Å². The third kappa shape index (κ3) is 3.26. The van der Waals surface area contributed by atoms with Gasteiger partial charge in [0.25, 0.3) is 0 Å². The Morgan fingerprint density at radius 1 is 1.50 bits per heavy atom. The van der Waals surface area contributed by atoms with Crippen molar-refractivity contribution in [3.05, 3.63) is 12.2 Å². The second-order valence-corrected chi connectivity index (χ2v) is 4.43. The third-order valence-corrected chi connectivity index (χ3v) is 3.35. The van der Waals surface area contributed by atoms with Gasteiger partial charge in [-0.25, -0.2) is 0 Å². The lowest BCUT2D eigenvalue weighted by Crippen LogP contribution is -2.51. The van der Waals surface area contributed by atoms with Gasteiger partial charge in [0, 0.05) is 38.1 Å². The number of hydrogen-bond donors (Lipinski definition) is 0. The lowest BCUT2D eigenvalue weighted by molar-refractivity contribution is 0.100. The number of halogens is 1. The van der Waals surface area contributed by atoms with Gasteiger partial charge in [-0.1, -0.05) is 13.5 Å². The highest BCUT2D eigenvalue weighted by molar-refractivity contribution is 6.19. The monoisotopic (exact) mass is 216 g/mol. The van der Waals surface area contributed by atoms with Crippen LogP contribution in [0.4, 0.5) is 0 Å². The van der Waals surface area contributed by atoms with Crippen molar-refractivity contribution in [3.63, 3.8) is 0 Å². The maximum Gasteiger partial charge on any atom is 0.0443 e. The van der Waals surface area contributed by atoms with Crippen molar-refractivity contribution in [3.8, 4) is 0 Å². The Bertz CT molecular complexity index is 194. The molecule has 82 valence electrons. The first-order chi connectivity index (χ1) is 6.67. The summed E-state index contributed by atoms with van der Waals surface area (Å²) in [4.78, 5) is 4.90. The summed E-state index contributed by atoms with van der Waals surface area (Å²) in [7, 11) is 2.21. The zero-order valence-corrected chi connectivity index (χ0v) is 10.1. The van der Waals surface area contributed by atoms with Crippen molar-refractivity contribution in [2.45, 2.75) is 19.4 Å². The van der Waals surface area contributed by atoms with Gasteiger partial charge in [-0.3, -0.25) is 4.90 Å². The standard InChI is InChI=1S/C11H21ClN2/c1-4-11-9-14(6-5-13(11)3)8-10(2)7-12/h11H,2,4-9H2,1,3H3. The first-order valence-corrected chi connectivity index (χ1v) is 5.86. The van der Waals surface area contributed by atoms with Crippen molar-refractivity contribution in [1.29, 1.82) is 0 Å². The number of likely N-dealkylation sites (N-methyl/N-ethyl adjacent to an activating group) is 1. The number of nitrogens with zero attached hydrogens (tertiary/aromatic N) is 2. The molecule has 1 rings (SSSR count). The van der Waals surface area contributed by atoms with E-state index in [9.17, 15) is 0 Å². The molecule has 3 heteroatoms. The molecule has 0 radical (unpaired) electrons. The summed E-state index contributed by atoms with van der Waals surface area (Å²) in [5, 5.41) is 0. The minimum atomic E-state index is 0.586. The highest BCUT2D eigenvalue weighted by atomic mass is 35.5. The maximum atomic E-state index is 5.73. The van der Waals surface area contributed by atoms with E-state index in [0.717, 1.165) is 31.8 Å². The Labute approximate surface area is 92.5 Å². The molecule has 0 aromatic rings. The summed E-state index contributed by atoms with van der Waals surface area (Å²) < 4.78 is 0. The Kier molecular flexibility index (Phi) is 4.93. The molecule has 0 N–H and O–H groups in total. The second-order valence-electron chi connectivity index (χ2n) is 4.16. The smallest absolute Gasteiger partial charge is 0.0443 e. The fourth-order valence-electron chi connectivity index (χ4n) is 1.95. The van der Waals surface area contributed by atoms with Gasteiger partial charge in [0.1, 0.15) is 0 Å². The normalized spacial score (nSPS) is 25.2. The summed E-state index contributed by atoms with van der Waals surface area (Å²) >= 11 is 5.73. The molecule has 0 aromatic carbocycles. The third-order valence-electron chi connectivity index (χ3n) is 2.97. The molecule has 0 bridgehead atoms.